The van der Waals surface area contributed by atoms with Gasteiger partial charge in [0.1, 0.15) is 4.88 Å². The lowest BCUT2D eigenvalue weighted by Crippen LogP contribution is -2.31. The van der Waals surface area contributed by atoms with Crippen molar-refractivity contribution >= 4 is 34.9 Å². The van der Waals surface area contributed by atoms with E-state index in [1.807, 2.05) is 20.1 Å². The molecule has 1 aromatic heterocycles. The van der Waals surface area contributed by atoms with E-state index in [-0.39, 0.29) is 11.8 Å². The average molecular weight is 326 g/mol. The first-order valence-corrected chi connectivity index (χ1v) is 8.67. The summed E-state index contributed by atoms with van der Waals surface area (Å²) in [5.74, 6) is -0.570. The first kappa shape index (κ1) is 16.1. The number of ketones is 1. The monoisotopic (exact) mass is 326 g/mol. The largest absolute Gasteiger partial charge is 0.515 e. The lowest BCUT2D eigenvalue weighted by atomic mass is 9.71. The summed E-state index contributed by atoms with van der Waals surface area (Å²) < 4.78 is 5.89. The van der Waals surface area contributed by atoms with E-state index < -0.39 is 5.41 Å². The van der Waals surface area contributed by atoms with E-state index in [0.29, 0.717) is 29.0 Å². The number of carbonyl (C=O) groups is 2. The first-order valence-electron chi connectivity index (χ1n) is 6.63. The third-order valence-electron chi connectivity index (χ3n) is 3.57. The first-order chi connectivity index (χ1) is 9.87. The number of fused-ring (bicyclic) bond motifs is 1. The molecule has 1 aromatic rings. The summed E-state index contributed by atoms with van der Waals surface area (Å²) in [5, 5.41) is 9.41. The predicted molar refractivity (Wildman–Crippen MR) is 84.6 cm³/mol. The molecule has 6 heteroatoms. The Kier molecular flexibility index (Phi) is 4.49. The zero-order chi connectivity index (χ0) is 15.8. The normalized spacial score (nSPS) is 18.7. The Hall–Kier alpha value is -1.27. The Morgan fingerprint density at radius 3 is 2.71 bits per heavy atom. The summed E-state index contributed by atoms with van der Waals surface area (Å²) in [4.78, 5) is 25.3. The third kappa shape index (κ3) is 2.62. The number of carbonyl (C=O) groups excluding carboxylic acids is 2. The summed E-state index contributed by atoms with van der Waals surface area (Å²) >= 11 is 2.74. The number of allylic oxidation sites excluding steroid dienone is 1. The molecule has 0 amide bonds. The van der Waals surface area contributed by atoms with E-state index in [9.17, 15) is 14.7 Å². The van der Waals surface area contributed by atoms with Crippen LogP contribution in [0.15, 0.2) is 16.0 Å². The average Bonchev–Trinajstić information content (AvgIpc) is 2.76. The minimum atomic E-state index is -0.503. The summed E-state index contributed by atoms with van der Waals surface area (Å²) in [6, 6.07) is 0. The standard InChI is InChI=1S/C15H18O4S2/c1-5-19-13(18)12-8-6-15(2,3)9(7-16)11(17)10(8)14(20-4)21-12/h7,16H,5-6H2,1-4H3. The van der Waals surface area contributed by atoms with Crippen LogP contribution in [0.1, 0.15) is 46.4 Å². The molecule has 1 heterocycles. The van der Waals surface area contributed by atoms with Crippen LogP contribution < -0.4 is 0 Å². The van der Waals surface area contributed by atoms with Crippen LogP contribution in [0.2, 0.25) is 0 Å². The topological polar surface area (TPSA) is 63.6 Å². The van der Waals surface area contributed by atoms with Crippen LogP contribution in [-0.4, -0.2) is 29.7 Å². The van der Waals surface area contributed by atoms with Gasteiger partial charge in [0.2, 0.25) is 0 Å². The molecule has 0 atom stereocenters. The molecule has 0 aromatic carbocycles. The molecule has 2 rings (SSSR count). The van der Waals surface area contributed by atoms with Crippen molar-refractivity contribution in [1.82, 2.24) is 0 Å². The molecule has 1 aliphatic carbocycles. The van der Waals surface area contributed by atoms with Gasteiger partial charge in [-0.15, -0.1) is 23.1 Å². The molecule has 0 aliphatic heterocycles. The van der Waals surface area contributed by atoms with Crippen molar-refractivity contribution in [2.75, 3.05) is 12.9 Å². The van der Waals surface area contributed by atoms with E-state index >= 15 is 0 Å². The number of rotatable bonds is 3. The van der Waals surface area contributed by atoms with Crippen molar-refractivity contribution in [3.63, 3.8) is 0 Å². The number of hydrogen-bond donors (Lipinski definition) is 1. The highest BCUT2D eigenvalue weighted by molar-refractivity contribution is 8.00. The number of aliphatic hydroxyl groups excluding tert-OH is 1. The van der Waals surface area contributed by atoms with Gasteiger partial charge in [0.05, 0.1) is 22.6 Å². The van der Waals surface area contributed by atoms with Gasteiger partial charge in [-0.1, -0.05) is 13.8 Å². The van der Waals surface area contributed by atoms with Crippen LogP contribution in [0, 0.1) is 5.41 Å². The summed E-state index contributed by atoms with van der Waals surface area (Å²) in [6.45, 7) is 5.84. The van der Waals surface area contributed by atoms with Crippen molar-refractivity contribution in [3.05, 3.63) is 27.8 Å². The second-order valence-corrected chi connectivity index (χ2v) is 7.52. The number of aliphatic hydroxyl groups is 1. The van der Waals surface area contributed by atoms with Gasteiger partial charge < -0.3 is 9.84 Å². The van der Waals surface area contributed by atoms with Crippen LogP contribution >= 0.6 is 23.1 Å². The van der Waals surface area contributed by atoms with Gasteiger partial charge in [-0.3, -0.25) is 4.79 Å². The van der Waals surface area contributed by atoms with Gasteiger partial charge in [-0.25, -0.2) is 4.79 Å². The fourth-order valence-electron chi connectivity index (χ4n) is 2.56. The maximum absolute atomic E-state index is 12.6. The van der Waals surface area contributed by atoms with Gasteiger partial charge in [-0.2, -0.15) is 0 Å². The Balaban J connectivity index is 2.64. The highest BCUT2D eigenvalue weighted by Gasteiger charge is 2.41. The maximum Gasteiger partial charge on any atom is 0.348 e. The van der Waals surface area contributed by atoms with Gasteiger partial charge >= 0.3 is 5.97 Å². The molecule has 1 N–H and O–H groups in total. The van der Waals surface area contributed by atoms with Crippen molar-refractivity contribution in [1.29, 1.82) is 0 Å². The number of hydrogen-bond acceptors (Lipinski definition) is 6. The molecular weight excluding hydrogens is 308 g/mol. The van der Waals surface area contributed by atoms with E-state index in [2.05, 4.69) is 0 Å². The Morgan fingerprint density at radius 2 is 2.19 bits per heavy atom. The summed E-state index contributed by atoms with van der Waals surface area (Å²) in [6.07, 6.45) is 3.30. The molecule has 0 saturated carbocycles. The molecule has 0 unspecified atom stereocenters. The van der Waals surface area contributed by atoms with Gasteiger partial charge in [0, 0.05) is 11.0 Å². The Morgan fingerprint density at radius 1 is 1.52 bits per heavy atom. The Labute approximate surface area is 132 Å². The lowest BCUT2D eigenvalue weighted by molar-refractivity contribution is 0.0530. The molecule has 114 valence electrons. The van der Waals surface area contributed by atoms with Crippen molar-refractivity contribution < 1.29 is 19.4 Å². The SMILES string of the molecule is CCOC(=O)c1sc(SC)c2c1CC(C)(C)C(=CO)C2=O. The van der Waals surface area contributed by atoms with Crippen LogP contribution in [0.3, 0.4) is 0 Å². The third-order valence-corrected chi connectivity index (χ3v) is 5.90. The molecule has 1 aliphatic rings. The van der Waals surface area contributed by atoms with Gasteiger partial charge in [0.25, 0.3) is 0 Å². The molecule has 0 radical (unpaired) electrons. The molecule has 0 saturated heterocycles. The number of thiophene rings is 1. The number of thioether (sulfide) groups is 1. The number of ether oxygens (including phenoxy) is 1. The molecular formula is C15H18O4S2. The molecule has 0 fully saturated rings. The minimum Gasteiger partial charge on any atom is -0.515 e. The van der Waals surface area contributed by atoms with Gasteiger partial charge in [0.15, 0.2) is 5.78 Å². The quantitative estimate of drug-likeness (QED) is 0.395. The zero-order valence-electron chi connectivity index (χ0n) is 12.5. The lowest BCUT2D eigenvalue weighted by Gasteiger charge is -2.31. The minimum absolute atomic E-state index is 0.195. The van der Waals surface area contributed by atoms with Crippen LogP contribution in [0.4, 0.5) is 0 Å². The van der Waals surface area contributed by atoms with Crippen molar-refractivity contribution in [2.45, 2.75) is 31.4 Å². The zero-order valence-corrected chi connectivity index (χ0v) is 14.1. The van der Waals surface area contributed by atoms with E-state index in [0.717, 1.165) is 16.0 Å². The fourth-order valence-corrected chi connectivity index (χ4v) is 4.50. The van der Waals surface area contributed by atoms with Crippen LogP contribution in [-0.2, 0) is 11.2 Å². The highest BCUT2D eigenvalue weighted by Crippen LogP contribution is 2.46. The highest BCUT2D eigenvalue weighted by atomic mass is 32.2. The van der Waals surface area contributed by atoms with Gasteiger partial charge in [-0.05, 0) is 25.2 Å². The molecule has 0 spiro atoms. The summed E-state index contributed by atoms with van der Waals surface area (Å²) in [5.41, 5.74) is 1.19. The summed E-state index contributed by atoms with van der Waals surface area (Å²) in [7, 11) is 0. The molecule has 21 heavy (non-hydrogen) atoms. The Bertz CT molecular complexity index is 626. The van der Waals surface area contributed by atoms with Crippen molar-refractivity contribution in [3.8, 4) is 0 Å². The second kappa shape index (κ2) is 5.85. The maximum atomic E-state index is 12.6. The van der Waals surface area contributed by atoms with Crippen LogP contribution in [0.25, 0.3) is 0 Å². The molecule has 0 bridgehead atoms. The van der Waals surface area contributed by atoms with E-state index in [4.69, 9.17) is 4.74 Å². The number of esters is 1. The number of Topliss-reactive ketones (excluding diaryl/α,β-unsaturated/α-hetero) is 1. The van der Waals surface area contributed by atoms with Crippen molar-refractivity contribution in [2.24, 2.45) is 5.41 Å². The second-order valence-electron chi connectivity index (χ2n) is 5.43. The predicted octanol–water partition coefficient (Wildman–Crippen LogP) is 3.85. The van der Waals surface area contributed by atoms with E-state index in [1.54, 1.807) is 6.92 Å². The fraction of sp³-hybridized carbons (Fsp3) is 0.467. The smallest absolute Gasteiger partial charge is 0.348 e. The van der Waals surface area contributed by atoms with E-state index in [1.165, 1.54) is 23.1 Å². The van der Waals surface area contributed by atoms with Crippen LogP contribution in [0.5, 0.6) is 0 Å². The molecule has 4 nitrogen and oxygen atoms in total.